The fourth-order valence-electron chi connectivity index (χ4n) is 2.22. The predicted octanol–water partition coefficient (Wildman–Crippen LogP) is 3.69. The molecule has 1 aliphatic heterocycles. The molecule has 0 spiro atoms. The smallest absolute Gasteiger partial charge is 0.305 e. The molecule has 1 aromatic carbocycles. The van der Waals surface area contributed by atoms with Crippen LogP contribution in [0.25, 0.3) is 0 Å². The highest BCUT2D eigenvalue weighted by atomic mass is 16.6. The molecular weight excluding hydrogens is 320 g/mol. The van der Waals surface area contributed by atoms with Gasteiger partial charge in [0.2, 0.25) is 0 Å². The number of benzene rings is 1. The van der Waals surface area contributed by atoms with Gasteiger partial charge in [-0.05, 0) is 31.2 Å². The van der Waals surface area contributed by atoms with E-state index in [0.29, 0.717) is 19.3 Å². The van der Waals surface area contributed by atoms with E-state index in [9.17, 15) is 9.59 Å². The number of esters is 2. The number of ether oxygens (including phenoxy) is 3. The molecule has 0 saturated carbocycles. The van der Waals surface area contributed by atoms with Crippen LogP contribution in [-0.2, 0) is 30.2 Å². The van der Waals surface area contributed by atoms with Crippen molar-refractivity contribution in [2.45, 2.75) is 58.5 Å². The van der Waals surface area contributed by atoms with Gasteiger partial charge in [-0.3, -0.25) is 9.59 Å². The highest BCUT2D eigenvalue weighted by Gasteiger charge is 2.15. The zero-order valence-electron chi connectivity index (χ0n) is 15.4. The topological polar surface area (TPSA) is 61.8 Å². The molecule has 140 valence electrons. The van der Waals surface area contributed by atoms with E-state index in [1.807, 2.05) is 30.3 Å². The molecule has 2 rings (SSSR count). The zero-order chi connectivity index (χ0) is 18.3. The second-order valence-corrected chi connectivity index (χ2v) is 5.85. The molecule has 1 saturated heterocycles. The van der Waals surface area contributed by atoms with Crippen LogP contribution in [0.2, 0.25) is 0 Å². The van der Waals surface area contributed by atoms with Crippen LogP contribution in [0.4, 0.5) is 0 Å². The molecule has 0 aromatic heterocycles. The van der Waals surface area contributed by atoms with Crippen LogP contribution in [-0.4, -0.2) is 37.9 Å². The highest BCUT2D eigenvalue weighted by molar-refractivity contribution is 5.70. The van der Waals surface area contributed by atoms with E-state index in [1.165, 1.54) is 18.4 Å². The summed E-state index contributed by atoms with van der Waals surface area (Å²) in [6.07, 6.45) is 4.26. The van der Waals surface area contributed by atoms with Crippen LogP contribution in [0, 0.1) is 0 Å². The van der Waals surface area contributed by atoms with Crippen molar-refractivity contribution in [1.29, 1.82) is 0 Å². The maximum Gasteiger partial charge on any atom is 0.305 e. The molecule has 25 heavy (non-hydrogen) atoms. The molecule has 1 fully saturated rings. The van der Waals surface area contributed by atoms with Crippen molar-refractivity contribution in [1.82, 2.24) is 0 Å². The fraction of sp³-hybridized carbons (Fsp3) is 0.600. The van der Waals surface area contributed by atoms with Gasteiger partial charge in [0.15, 0.2) is 0 Å². The Kier molecular flexibility index (Phi) is 11.4. The summed E-state index contributed by atoms with van der Waals surface area (Å²) in [6, 6.07) is 9.95. The summed E-state index contributed by atoms with van der Waals surface area (Å²) >= 11 is 0. The molecular formula is C20H30O5. The van der Waals surface area contributed by atoms with Crippen molar-refractivity contribution in [3.05, 3.63) is 35.9 Å². The summed E-state index contributed by atoms with van der Waals surface area (Å²) in [6.45, 7) is 5.61. The lowest BCUT2D eigenvalue weighted by Gasteiger charge is -2.17. The van der Waals surface area contributed by atoms with E-state index in [-0.39, 0.29) is 24.6 Å². The van der Waals surface area contributed by atoms with Crippen LogP contribution in [0.3, 0.4) is 0 Å². The maximum absolute atomic E-state index is 11.4. The Balaban J connectivity index is 0.000000531. The fourth-order valence-corrected chi connectivity index (χ4v) is 2.22. The molecule has 1 unspecified atom stereocenters. The van der Waals surface area contributed by atoms with E-state index in [4.69, 9.17) is 14.2 Å². The summed E-state index contributed by atoms with van der Waals surface area (Å²) < 4.78 is 15.3. The second-order valence-electron chi connectivity index (χ2n) is 5.85. The first kappa shape index (κ1) is 21.2. The van der Waals surface area contributed by atoms with E-state index in [2.05, 4.69) is 0 Å². The van der Waals surface area contributed by atoms with Gasteiger partial charge in [0.1, 0.15) is 12.7 Å². The minimum atomic E-state index is -0.377. The third-order valence-corrected chi connectivity index (χ3v) is 3.73. The van der Waals surface area contributed by atoms with Crippen molar-refractivity contribution in [3.8, 4) is 0 Å². The summed E-state index contributed by atoms with van der Waals surface area (Å²) in [5, 5.41) is 0. The molecule has 0 radical (unpaired) electrons. The van der Waals surface area contributed by atoms with Crippen LogP contribution in [0.5, 0.6) is 0 Å². The summed E-state index contributed by atoms with van der Waals surface area (Å²) in [7, 11) is 0. The van der Waals surface area contributed by atoms with Gasteiger partial charge < -0.3 is 14.2 Å². The Morgan fingerprint density at radius 3 is 2.20 bits per heavy atom. The van der Waals surface area contributed by atoms with Crippen LogP contribution in [0.15, 0.2) is 30.3 Å². The molecule has 0 N–H and O–H groups in total. The quantitative estimate of drug-likeness (QED) is 0.669. The first-order chi connectivity index (χ1) is 12.2. The van der Waals surface area contributed by atoms with Crippen LogP contribution >= 0.6 is 0 Å². The molecule has 5 nitrogen and oxygen atoms in total. The largest absolute Gasteiger partial charge is 0.462 e. The average molecular weight is 350 g/mol. The molecule has 0 amide bonds. The molecule has 1 heterocycles. The van der Waals surface area contributed by atoms with Gasteiger partial charge in [0.05, 0.1) is 0 Å². The lowest BCUT2D eigenvalue weighted by Crippen LogP contribution is -2.25. The van der Waals surface area contributed by atoms with E-state index in [1.54, 1.807) is 13.8 Å². The number of hydrogen-bond acceptors (Lipinski definition) is 5. The van der Waals surface area contributed by atoms with E-state index in [0.717, 1.165) is 19.6 Å². The van der Waals surface area contributed by atoms with Crippen LogP contribution in [0.1, 0.15) is 51.5 Å². The summed E-state index contributed by atoms with van der Waals surface area (Å²) in [4.78, 5) is 22.6. The number of hydrogen-bond donors (Lipinski definition) is 0. The van der Waals surface area contributed by atoms with Gasteiger partial charge in [-0.15, -0.1) is 0 Å². The minimum Gasteiger partial charge on any atom is -0.462 e. The van der Waals surface area contributed by atoms with Crippen molar-refractivity contribution >= 4 is 11.9 Å². The monoisotopic (exact) mass is 350 g/mol. The lowest BCUT2D eigenvalue weighted by molar-refractivity contribution is -0.159. The molecule has 1 atom stereocenters. The summed E-state index contributed by atoms with van der Waals surface area (Å²) in [5.41, 5.74) is 1.17. The molecule has 1 aliphatic rings. The van der Waals surface area contributed by atoms with Gasteiger partial charge in [0.25, 0.3) is 0 Å². The third-order valence-electron chi connectivity index (χ3n) is 3.73. The molecule has 0 aliphatic carbocycles. The standard InChI is InChI=1S/C16H22O4.C4H8O/c1-3-15(17)19-12-14(20-16(18)4-2)11-10-13-8-6-5-7-9-13;1-2-4-5-3-1/h5-9,14H,3-4,10-12H2,1-2H3;1-4H2. The van der Waals surface area contributed by atoms with Crippen LogP contribution < -0.4 is 0 Å². The highest BCUT2D eigenvalue weighted by Crippen LogP contribution is 2.09. The minimum absolute atomic E-state index is 0.130. The van der Waals surface area contributed by atoms with Crippen molar-refractivity contribution in [3.63, 3.8) is 0 Å². The molecule has 5 heteroatoms. The predicted molar refractivity (Wildman–Crippen MR) is 96.2 cm³/mol. The maximum atomic E-state index is 11.4. The second kappa shape index (κ2) is 13.4. The summed E-state index contributed by atoms with van der Waals surface area (Å²) in [5.74, 6) is -0.544. The molecule has 0 bridgehead atoms. The zero-order valence-corrected chi connectivity index (χ0v) is 15.4. The Labute approximate surface area is 150 Å². The number of aryl methyl sites for hydroxylation is 1. The van der Waals surface area contributed by atoms with Crippen molar-refractivity contribution in [2.24, 2.45) is 0 Å². The van der Waals surface area contributed by atoms with Gasteiger partial charge in [-0.25, -0.2) is 0 Å². The Hall–Kier alpha value is -1.88. The van der Waals surface area contributed by atoms with Gasteiger partial charge in [-0.1, -0.05) is 44.2 Å². The molecule has 1 aromatic rings. The Morgan fingerprint density at radius 1 is 1.04 bits per heavy atom. The van der Waals surface area contributed by atoms with Gasteiger partial charge in [-0.2, -0.15) is 0 Å². The van der Waals surface area contributed by atoms with Crippen molar-refractivity contribution < 1.29 is 23.8 Å². The van der Waals surface area contributed by atoms with E-state index >= 15 is 0 Å². The third kappa shape index (κ3) is 10.6. The number of rotatable bonds is 8. The van der Waals surface area contributed by atoms with Gasteiger partial charge >= 0.3 is 11.9 Å². The van der Waals surface area contributed by atoms with Crippen molar-refractivity contribution in [2.75, 3.05) is 19.8 Å². The Bertz CT molecular complexity index is 475. The average Bonchev–Trinajstić information content (AvgIpc) is 3.24. The lowest BCUT2D eigenvalue weighted by atomic mass is 10.1. The first-order valence-electron chi connectivity index (χ1n) is 9.12. The van der Waals surface area contributed by atoms with Gasteiger partial charge in [0, 0.05) is 26.1 Å². The van der Waals surface area contributed by atoms with E-state index < -0.39 is 0 Å². The first-order valence-corrected chi connectivity index (χ1v) is 9.12. The Morgan fingerprint density at radius 2 is 1.68 bits per heavy atom. The normalized spacial score (nSPS) is 14.2. The number of carbonyl (C=O) groups excluding carboxylic acids is 2. The number of carbonyl (C=O) groups is 2. The SMILES string of the molecule is C1CCOC1.CCC(=O)OCC(CCc1ccccc1)OC(=O)CC.